The molecule has 0 radical (unpaired) electrons. The van der Waals surface area contributed by atoms with E-state index in [1.165, 1.54) is 3.11 Å². The Morgan fingerprint density at radius 3 is 3.00 bits per heavy atom. The van der Waals surface area contributed by atoms with Crippen LogP contribution in [0.1, 0.15) is 6.42 Å². The third-order valence-corrected chi connectivity index (χ3v) is 2.36. The number of halogens is 1. The van der Waals surface area contributed by atoms with Gasteiger partial charge in [-0.25, -0.2) is 7.91 Å². The molecule has 1 rings (SSSR count). The summed E-state index contributed by atoms with van der Waals surface area (Å²) in [4.78, 5) is 21.7. The van der Waals surface area contributed by atoms with Crippen molar-refractivity contribution in [3.05, 3.63) is 0 Å². The number of carbonyl (C=O) groups is 2. The lowest BCUT2D eigenvalue weighted by molar-refractivity contribution is -0.146. The molecule has 6 nitrogen and oxygen atoms in total. The largest absolute Gasteiger partial charge is 0.462 e. The summed E-state index contributed by atoms with van der Waals surface area (Å²) in [7, 11) is 0. The Bertz CT molecular complexity index is 234. The summed E-state index contributed by atoms with van der Waals surface area (Å²) in [5.41, 5.74) is 0. The van der Waals surface area contributed by atoms with E-state index in [-0.39, 0.29) is 19.6 Å². The molecule has 0 saturated carbocycles. The number of aliphatic hydroxyl groups is 1. The molecule has 0 bridgehead atoms. The van der Waals surface area contributed by atoms with Gasteiger partial charge in [0.2, 0.25) is 0 Å². The second-order valence-electron chi connectivity index (χ2n) is 2.71. The molecule has 1 atom stereocenters. The maximum Gasteiger partial charge on any atom is 0.419 e. The second kappa shape index (κ2) is 5.35. The van der Waals surface area contributed by atoms with Gasteiger partial charge in [0.05, 0.1) is 42.4 Å². The number of rotatable bonds is 4. The molecule has 1 fully saturated rings. The van der Waals surface area contributed by atoms with Crippen molar-refractivity contribution < 1.29 is 24.2 Å². The number of hydrogen-bond donors (Lipinski definition) is 1. The van der Waals surface area contributed by atoms with E-state index in [0.717, 1.165) is 0 Å². The number of aliphatic hydroxyl groups excluding tert-OH is 1. The zero-order valence-corrected chi connectivity index (χ0v) is 9.47. The van der Waals surface area contributed by atoms with Gasteiger partial charge >= 0.3 is 12.1 Å². The fourth-order valence-corrected chi connectivity index (χ4v) is 1.48. The second-order valence-corrected chi connectivity index (χ2v) is 3.87. The molecule has 1 amide bonds. The molecule has 14 heavy (non-hydrogen) atoms. The van der Waals surface area contributed by atoms with Crippen LogP contribution < -0.4 is 0 Å². The monoisotopic (exact) mass is 315 g/mol. The molecule has 1 heterocycles. The minimum absolute atomic E-state index is 0.0331. The molecule has 0 unspecified atom stereocenters. The molecule has 7 heteroatoms. The van der Waals surface area contributed by atoms with E-state index in [9.17, 15) is 9.59 Å². The molecule has 80 valence electrons. The molecule has 0 aromatic rings. The van der Waals surface area contributed by atoms with Crippen LogP contribution in [0, 0.1) is 0 Å². The van der Waals surface area contributed by atoms with Gasteiger partial charge in [0.15, 0.2) is 6.10 Å². The lowest BCUT2D eigenvalue weighted by Crippen LogP contribution is -2.22. The van der Waals surface area contributed by atoms with Crippen LogP contribution in [-0.2, 0) is 14.3 Å². The first-order chi connectivity index (χ1) is 6.63. The highest BCUT2D eigenvalue weighted by molar-refractivity contribution is 14.1. The van der Waals surface area contributed by atoms with Gasteiger partial charge in [0.25, 0.3) is 0 Å². The molecular weight excluding hydrogens is 305 g/mol. The van der Waals surface area contributed by atoms with Crippen molar-refractivity contribution in [3.63, 3.8) is 0 Å². The van der Waals surface area contributed by atoms with Gasteiger partial charge in [-0.05, 0) is 0 Å². The smallest absolute Gasteiger partial charge is 0.419 e. The summed E-state index contributed by atoms with van der Waals surface area (Å²) in [5, 5.41) is 8.42. The molecule has 1 N–H and O–H groups in total. The Hall–Kier alpha value is -0.570. The van der Waals surface area contributed by atoms with Gasteiger partial charge in [-0.1, -0.05) is 0 Å². The number of carbonyl (C=O) groups excluding carboxylic acids is 2. The maximum atomic E-state index is 10.9. The first-order valence-electron chi connectivity index (χ1n) is 4.04. The van der Waals surface area contributed by atoms with E-state index in [4.69, 9.17) is 14.6 Å². The van der Waals surface area contributed by atoms with Crippen molar-refractivity contribution in [1.82, 2.24) is 3.11 Å². The fourth-order valence-electron chi connectivity index (χ4n) is 0.926. The third-order valence-electron chi connectivity index (χ3n) is 1.58. The van der Waals surface area contributed by atoms with Crippen LogP contribution in [0.4, 0.5) is 4.79 Å². The molecule has 1 aliphatic heterocycles. The van der Waals surface area contributed by atoms with Gasteiger partial charge in [-0.3, -0.25) is 4.79 Å². The first kappa shape index (κ1) is 11.5. The third kappa shape index (κ3) is 3.29. The summed E-state index contributed by atoms with van der Waals surface area (Å²) in [6, 6.07) is 0. The van der Waals surface area contributed by atoms with Crippen LogP contribution in [0.5, 0.6) is 0 Å². The van der Waals surface area contributed by atoms with Gasteiger partial charge in [0.1, 0.15) is 6.61 Å². The topological polar surface area (TPSA) is 76.1 Å². The number of esters is 1. The molecule has 0 aromatic heterocycles. The van der Waals surface area contributed by atoms with E-state index in [0.29, 0.717) is 6.54 Å². The predicted molar refractivity (Wildman–Crippen MR) is 53.7 cm³/mol. The number of nitrogens with zero attached hydrogens (tertiary/aromatic N) is 1. The van der Waals surface area contributed by atoms with Crippen molar-refractivity contribution in [2.24, 2.45) is 0 Å². The van der Waals surface area contributed by atoms with E-state index in [1.807, 2.05) is 22.9 Å². The first-order valence-corrected chi connectivity index (χ1v) is 5.00. The molecule has 0 aromatic carbocycles. The van der Waals surface area contributed by atoms with Crippen molar-refractivity contribution >= 4 is 34.9 Å². The number of amides is 1. The molecule has 1 saturated heterocycles. The fraction of sp³-hybridized carbons (Fsp3) is 0.714. The maximum absolute atomic E-state index is 10.9. The number of hydrogen-bond acceptors (Lipinski definition) is 5. The van der Waals surface area contributed by atoms with Gasteiger partial charge in [-0.2, -0.15) is 0 Å². The molecule has 0 aliphatic carbocycles. The van der Waals surface area contributed by atoms with Crippen LogP contribution in [-0.4, -0.2) is 46.1 Å². The SMILES string of the molecule is O=C(CCO)OC[C@@H]1CN(I)C(=O)O1. The van der Waals surface area contributed by atoms with Crippen LogP contribution in [0.2, 0.25) is 0 Å². The van der Waals surface area contributed by atoms with E-state index < -0.39 is 18.2 Å². The number of cyclic esters (lactones) is 1. The van der Waals surface area contributed by atoms with E-state index in [1.54, 1.807) is 0 Å². The number of ether oxygens (including phenoxy) is 2. The van der Waals surface area contributed by atoms with Gasteiger partial charge < -0.3 is 14.6 Å². The molecule has 1 aliphatic rings. The summed E-state index contributed by atoms with van der Waals surface area (Å²) < 4.78 is 11.0. The average Bonchev–Trinajstić information content (AvgIpc) is 2.44. The lowest BCUT2D eigenvalue weighted by atomic mass is 10.4. The van der Waals surface area contributed by atoms with Crippen LogP contribution in [0.3, 0.4) is 0 Å². The van der Waals surface area contributed by atoms with E-state index >= 15 is 0 Å². The Balaban J connectivity index is 2.20. The van der Waals surface area contributed by atoms with Crippen molar-refractivity contribution in [2.75, 3.05) is 19.8 Å². The Labute approximate surface area is 94.6 Å². The Morgan fingerprint density at radius 2 is 2.50 bits per heavy atom. The summed E-state index contributed by atoms with van der Waals surface area (Å²) in [5.74, 6) is -0.490. The van der Waals surface area contributed by atoms with Crippen LogP contribution in [0.15, 0.2) is 0 Å². The standard InChI is InChI=1S/C7H10INO5/c8-9-3-5(14-7(9)12)4-13-6(11)1-2-10/h5,10H,1-4H2/t5-/m0/s1. The Kier molecular flexibility index (Phi) is 4.39. The predicted octanol–water partition coefficient (Wildman–Crippen LogP) is 0.0828. The summed E-state index contributed by atoms with van der Waals surface area (Å²) in [6.07, 6.45) is -0.856. The normalized spacial score (nSPS) is 20.9. The van der Waals surface area contributed by atoms with Gasteiger partial charge in [0, 0.05) is 0 Å². The summed E-state index contributed by atoms with van der Waals surface area (Å²) >= 11 is 1.83. The van der Waals surface area contributed by atoms with Crippen molar-refractivity contribution in [1.29, 1.82) is 0 Å². The minimum atomic E-state index is -0.490. The molecule has 0 spiro atoms. The zero-order valence-electron chi connectivity index (χ0n) is 7.31. The zero-order chi connectivity index (χ0) is 10.6. The summed E-state index contributed by atoms with van der Waals surface area (Å²) in [6.45, 7) is 0.220. The average molecular weight is 315 g/mol. The molecular formula is C7H10INO5. The van der Waals surface area contributed by atoms with Crippen molar-refractivity contribution in [3.8, 4) is 0 Å². The lowest BCUT2D eigenvalue weighted by Gasteiger charge is -2.07. The van der Waals surface area contributed by atoms with Crippen LogP contribution >= 0.6 is 22.9 Å². The quantitative estimate of drug-likeness (QED) is 0.452. The minimum Gasteiger partial charge on any atom is -0.462 e. The van der Waals surface area contributed by atoms with Gasteiger partial charge in [-0.15, -0.1) is 0 Å². The highest BCUT2D eigenvalue weighted by Gasteiger charge is 2.30. The highest BCUT2D eigenvalue weighted by Crippen LogP contribution is 2.15. The van der Waals surface area contributed by atoms with E-state index in [2.05, 4.69) is 0 Å². The van der Waals surface area contributed by atoms with Crippen LogP contribution in [0.25, 0.3) is 0 Å². The Morgan fingerprint density at radius 1 is 1.79 bits per heavy atom. The van der Waals surface area contributed by atoms with Crippen molar-refractivity contribution in [2.45, 2.75) is 12.5 Å². The highest BCUT2D eigenvalue weighted by atomic mass is 127.